The van der Waals surface area contributed by atoms with E-state index in [0.717, 1.165) is 5.01 Å². The third-order valence-corrected chi connectivity index (χ3v) is 3.82. The number of amides is 2. The van der Waals surface area contributed by atoms with Crippen LogP contribution in [0.3, 0.4) is 0 Å². The van der Waals surface area contributed by atoms with Crippen LogP contribution in [0, 0.1) is 0 Å². The van der Waals surface area contributed by atoms with Gasteiger partial charge in [-0.2, -0.15) is 0 Å². The SMILES string of the molecule is COc1ccc(NC(C)=O)cc1NC(=O)c1csc(CCN)n1.Cl. The van der Waals surface area contributed by atoms with Gasteiger partial charge in [0.2, 0.25) is 5.91 Å². The Kier molecular flexibility index (Phi) is 7.63. The molecule has 2 aromatic rings. The topological polar surface area (TPSA) is 106 Å². The van der Waals surface area contributed by atoms with Gasteiger partial charge in [0.25, 0.3) is 5.91 Å². The number of ether oxygens (including phenoxy) is 1. The summed E-state index contributed by atoms with van der Waals surface area (Å²) in [4.78, 5) is 27.7. The standard InChI is InChI=1S/C15H18N4O3S.ClH/c1-9(20)17-10-3-4-13(22-2)11(7-10)19-15(21)12-8-23-14(18-12)5-6-16;/h3-4,7-8H,5-6,16H2,1-2H3,(H,17,20)(H,19,21);1H. The summed E-state index contributed by atoms with van der Waals surface area (Å²) in [6.45, 7) is 1.90. The van der Waals surface area contributed by atoms with E-state index in [1.165, 1.54) is 25.4 Å². The molecule has 2 amide bonds. The number of nitrogens with two attached hydrogens (primary N) is 1. The van der Waals surface area contributed by atoms with Gasteiger partial charge < -0.3 is 21.1 Å². The van der Waals surface area contributed by atoms with Crippen LogP contribution in [-0.4, -0.2) is 30.5 Å². The second-order valence-electron chi connectivity index (χ2n) is 4.72. The third-order valence-electron chi connectivity index (χ3n) is 2.91. The van der Waals surface area contributed by atoms with Crippen molar-refractivity contribution in [3.63, 3.8) is 0 Å². The molecule has 0 saturated carbocycles. The van der Waals surface area contributed by atoms with Gasteiger partial charge in [0.1, 0.15) is 11.4 Å². The molecule has 0 fully saturated rings. The van der Waals surface area contributed by atoms with Crippen LogP contribution in [0.15, 0.2) is 23.6 Å². The highest BCUT2D eigenvalue weighted by Gasteiger charge is 2.14. The van der Waals surface area contributed by atoms with E-state index in [4.69, 9.17) is 10.5 Å². The number of hydrogen-bond acceptors (Lipinski definition) is 6. The number of aromatic nitrogens is 1. The van der Waals surface area contributed by atoms with Gasteiger partial charge in [0.15, 0.2) is 0 Å². The van der Waals surface area contributed by atoms with Gasteiger partial charge >= 0.3 is 0 Å². The average Bonchev–Trinajstić information content (AvgIpc) is 2.96. The first-order valence-corrected chi connectivity index (χ1v) is 7.83. The van der Waals surface area contributed by atoms with E-state index in [0.29, 0.717) is 35.8 Å². The van der Waals surface area contributed by atoms with E-state index in [1.807, 2.05) is 0 Å². The number of nitrogens with zero attached hydrogens (tertiary/aromatic N) is 1. The maximum Gasteiger partial charge on any atom is 0.275 e. The molecule has 24 heavy (non-hydrogen) atoms. The molecule has 2 rings (SSSR count). The molecule has 0 aliphatic carbocycles. The summed E-state index contributed by atoms with van der Waals surface area (Å²) in [7, 11) is 1.51. The lowest BCUT2D eigenvalue weighted by atomic mass is 10.2. The molecule has 0 unspecified atom stereocenters. The fourth-order valence-electron chi connectivity index (χ4n) is 1.93. The number of carbonyl (C=O) groups is 2. The van der Waals surface area contributed by atoms with Crippen molar-refractivity contribution in [3.8, 4) is 5.75 Å². The molecular weight excluding hydrogens is 352 g/mol. The number of hydrogen-bond donors (Lipinski definition) is 3. The molecule has 0 aliphatic rings. The molecule has 0 radical (unpaired) electrons. The summed E-state index contributed by atoms with van der Waals surface area (Å²) in [6, 6.07) is 4.99. The van der Waals surface area contributed by atoms with Crippen LogP contribution in [0.4, 0.5) is 11.4 Å². The molecule has 130 valence electrons. The van der Waals surface area contributed by atoms with Crippen molar-refractivity contribution in [1.82, 2.24) is 4.98 Å². The Labute approximate surface area is 150 Å². The van der Waals surface area contributed by atoms with Gasteiger partial charge in [-0.25, -0.2) is 4.98 Å². The van der Waals surface area contributed by atoms with Crippen LogP contribution in [0.5, 0.6) is 5.75 Å². The van der Waals surface area contributed by atoms with E-state index < -0.39 is 0 Å². The lowest BCUT2D eigenvalue weighted by Gasteiger charge is -2.11. The Morgan fingerprint density at radius 3 is 2.71 bits per heavy atom. The van der Waals surface area contributed by atoms with Gasteiger partial charge in [-0.05, 0) is 24.7 Å². The zero-order valence-corrected chi connectivity index (χ0v) is 14.9. The van der Waals surface area contributed by atoms with Crippen LogP contribution < -0.4 is 21.1 Å². The zero-order chi connectivity index (χ0) is 16.8. The molecule has 0 aliphatic heterocycles. The first kappa shape index (κ1) is 19.9. The quantitative estimate of drug-likeness (QED) is 0.723. The molecule has 1 heterocycles. The first-order valence-electron chi connectivity index (χ1n) is 6.95. The molecule has 0 atom stereocenters. The minimum atomic E-state index is -0.345. The number of anilines is 2. The normalized spacial score (nSPS) is 9.79. The van der Waals surface area contributed by atoms with Gasteiger partial charge in [-0.15, -0.1) is 23.7 Å². The molecular formula is C15H19ClN4O3S. The van der Waals surface area contributed by atoms with E-state index in [1.54, 1.807) is 23.6 Å². The Morgan fingerprint density at radius 2 is 2.08 bits per heavy atom. The van der Waals surface area contributed by atoms with Gasteiger partial charge in [-0.3, -0.25) is 9.59 Å². The van der Waals surface area contributed by atoms with Gasteiger partial charge in [0.05, 0.1) is 17.8 Å². The third kappa shape index (κ3) is 5.19. The summed E-state index contributed by atoms with van der Waals surface area (Å²) in [5, 5.41) is 7.90. The van der Waals surface area contributed by atoms with Crippen molar-refractivity contribution in [1.29, 1.82) is 0 Å². The van der Waals surface area contributed by atoms with E-state index in [9.17, 15) is 9.59 Å². The summed E-state index contributed by atoms with van der Waals surface area (Å²) in [5.41, 5.74) is 6.82. The largest absolute Gasteiger partial charge is 0.495 e. The summed E-state index contributed by atoms with van der Waals surface area (Å²) in [5.74, 6) is -0.0500. The fraction of sp³-hybridized carbons (Fsp3) is 0.267. The summed E-state index contributed by atoms with van der Waals surface area (Å²) >= 11 is 1.39. The molecule has 0 saturated heterocycles. The molecule has 9 heteroatoms. The lowest BCUT2D eigenvalue weighted by Crippen LogP contribution is -2.14. The highest BCUT2D eigenvalue weighted by atomic mass is 35.5. The number of benzene rings is 1. The second-order valence-corrected chi connectivity index (χ2v) is 5.66. The maximum absolute atomic E-state index is 12.3. The second kappa shape index (κ2) is 9.21. The van der Waals surface area contributed by atoms with Crippen LogP contribution in [0.25, 0.3) is 0 Å². The number of thiazole rings is 1. The lowest BCUT2D eigenvalue weighted by molar-refractivity contribution is -0.114. The van der Waals surface area contributed by atoms with Crippen molar-refractivity contribution in [3.05, 3.63) is 34.3 Å². The number of nitrogens with one attached hydrogen (secondary N) is 2. The average molecular weight is 371 g/mol. The van der Waals surface area contributed by atoms with E-state index >= 15 is 0 Å². The molecule has 4 N–H and O–H groups in total. The Morgan fingerprint density at radius 1 is 1.33 bits per heavy atom. The van der Waals surface area contributed by atoms with Crippen molar-refractivity contribution in [2.75, 3.05) is 24.3 Å². The minimum Gasteiger partial charge on any atom is -0.495 e. The number of carbonyl (C=O) groups excluding carboxylic acids is 2. The number of methoxy groups -OCH3 is 1. The van der Waals surface area contributed by atoms with Crippen LogP contribution in [0.1, 0.15) is 22.4 Å². The zero-order valence-electron chi connectivity index (χ0n) is 13.3. The van der Waals surface area contributed by atoms with Crippen LogP contribution >= 0.6 is 23.7 Å². The van der Waals surface area contributed by atoms with Gasteiger partial charge in [0, 0.05) is 24.4 Å². The highest BCUT2D eigenvalue weighted by molar-refractivity contribution is 7.09. The molecule has 0 bridgehead atoms. The van der Waals surface area contributed by atoms with Crippen molar-refractivity contribution >= 4 is 46.9 Å². The van der Waals surface area contributed by atoms with Crippen LogP contribution in [-0.2, 0) is 11.2 Å². The van der Waals surface area contributed by atoms with Gasteiger partial charge in [-0.1, -0.05) is 0 Å². The Hall–Kier alpha value is -2.16. The molecule has 0 spiro atoms. The van der Waals surface area contributed by atoms with E-state index in [2.05, 4.69) is 15.6 Å². The number of rotatable bonds is 6. The highest BCUT2D eigenvalue weighted by Crippen LogP contribution is 2.28. The van der Waals surface area contributed by atoms with E-state index in [-0.39, 0.29) is 24.2 Å². The van der Waals surface area contributed by atoms with Crippen molar-refractivity contribution in [2.45, 2.75) is 13.3 Å². The number of halogens is 1. The predicted molar refractivity (Wildman–Crippen MR) is 97.4 cm³/mol. The smallest absolute Gasteiger partial charge is 0.275 e. The molecule has 1 aromatic carbocycles. The van der Waals surface area contributed by atoms with Crippen molar-refractivity contribution in [2.24, 2.45) is 5.73 Å². The Bertz CT molecular complexity index is 720. The van der Waals surface area contributed by atoms with Crippen molar-refractivity contribution < 1.29 is 14.3 Å². The summed E-state index contributed by atoms with van der Waals surface area (Å²) in [6.07, 6.45) is 0.638. The molecule has 1 aromatic heterocycles. The monoisotopic (exact) mass is 370 g/mol. The molecule has 7 nitrogen and oxygen atoms in total. The van der Waals surface area contributed by atoms with Crippen LogP contribution in [0.2, 0.25) is 0 Å². The fourth-order valence-corrected chi connectivity index (χ4v) is 2.72. The predicted octanol–water partition coefficient (Wildman–Crippen LogP) is 2.29. The minimum absolute atomic E-state index is 0. The maximum atomic E-state index is 12.3. The Balaban J connectivity index is 0.00000288. The first-order chi connectivity index (χ1) is 11.0. The summed E-state index contributed by atoms with van der Waals surface area (Å²) < 4.78 is 5.22.